The molecule has 38 heavy (non-hydrogen) atoms. The monoisotopic (exact) mass is 515 g/mol. The molecule has 1 saturated heterocycles. The van der Waals surface area contributed by atoms with E-state index in [-0.39, 0.29) is 5.91 Å². The Labute approximate surface area is 223 Å². The van der Waals surface area contributed by atoms with E-state index >= 15 is 0 Å². The molecule has 8 heteroatoms. The zero-order valence-electron chi connectivity index (χ0n) is 22.0. The largest absolute Gasteiger partial charge is 0.493 e. The topological polar surface area (TPSA) is 80.3 Å². The van der Waals surface area contributed by atoms with E-state index in [1.54, 1.807) is 24.3 Å². The highest BCUT2D eigenvalue weighted by Crippen LogP contribution is 2.31. The first-order chi connectivity index (χ1) is 18.4. The van der Waals surface area contributed by atoms with Gasteiger partial charge in [-0.05, 0) is 49.0 Å². The number of esters is 1. The van der Waals surface area contributed by atoms with Gasteiger partial charge in [-0.15, -0.1) is 0 Å². The van der Waals surface area contributed by atoms with E-state index in [2.05, 4.69) is 28.2 Å². The van der Waals surface area contributed by atoms with Crippen LogP contribution in [0.3, 0.4) is 0 Å². The summed E-state index contributed by atoms with van der Waals surface area (Å²) in [5.41, 5.74) is 3.31. The Morgan fingerprint density at radius 1 is 0.921 bits per heavy atom. The Kier molecular flexibility index (Phi) is 9.00. The number of hydrogen-bond acceptors (Lipinski definition) is 7. The summed E-state index contributed by atoms with van der Waals surface area (Å²) in [5.74, 6) is 0.806. The molecule has 1 heterocycles. The second-order valence-electron chi connectivity index (χ2n) is 9.03. The van der Waals surface area contributed by atoms with Gasteiger partial charge in [0, 0.05) is 50.4 Å². The number of methoxy groups -OCH3 is 1. The van der Waals surface area contributed by atoms with Gasteiger partial charge in [-0.2, -0.15) is 0 Å². The van der Waals surface area contributed by atoms with Crippen LogP contribution in [0, 0.1) is 0 Å². The van der Waals surface area contributed by atoms with E-state index in [0.717, 1.165) is 43.2 Å². The SMILES string of the molecule is COc1ccc(C=CC(=O)Nc2ccccc2COc2ccccc2N2CCN(C)CC2)cc1OC(C)=O. The van der Waals surface area contributed by atoms with Gasteiger partial charge in [-0.25, -0.2) is 0 Å². The molecule has 0 unspecified atom stereocenters. The fourth-order valence-corrected chi connectivity index (χ4v) is 4.19. The zero-order chi connectivity index (χ0) is 26.9. The average Bonchev–Trinajstić information content (AvgIpc) is 2.92. The predicted octanol–water partition coefficient (Wildman–Crippen LogP) is 4.60. The molecular weight excluding hydrogens is 482 g/mol. The highest BCUT2D eigenvalue weighted by Gasteiger charge is 2.18. The van der Waals surface area contributed by atoms with Crippen molar-refractivity contribution >= 4 is 29.3 Å². The Bertz CT molecular complexity index is 1300. The van der Waals surface area contributed by atoms with Crippen LogP contribution < -0.4 is 24.4 Å². The van der Waals surface area contributed by atoms with Crippen LogP contribution in [0.15, 0.2) is 72.8 Å². The van der Waals surface area contributed by atoms with Gasteiger partial charge < -0.3 is 29.3 Å². The Morgan fingerprint density at radius 3 is 2.42 bits per heavy atom. The van der Waals surface area contributed by atoms with Gasteiger partial charge >= 0.3 is 5.97 Å². The molecule has 0 saturated carbocycles. The summed E-state index contributed by atoms with van der Waals surface area (Å²) < 4.78 is 16.7. The number of hydrogen-bond donors (Lipinski definition) is 1. The number of piperazine rings is 1. The summed E-state index contributed by atoms with van der Waals surface area (Å²) >= 11 is 0. The Hall–Kier alpha value is -4.30. The number of benzene rings is 3. The number of ether oxygens (including phenoxy) is 3. The molecule has 0 radical (unpaired) electrons. The molecule has 3 aromatic carbocycles. The summed E-state index contributed by atoms with van der Waals surface area (Å²) in [6.07, 6.45) is 3.08. The summed E-state index contributed by atoms with van der Waals surface area (Å²) in [4.78, 5) is 28.8. The fraction of sp³-hybridized carbons (Fsp3) is 0.267. The minimum Gasteiger partial charge on any atom is -0.493 e. The van der Waals surface area contributed by atoms with Gasteiger partial charge in [0.05, 0.1) is 12.8 Å². The lowest BCUT2D eigenvalue weighted by Gasteiger charge is -2.34. The first-order valence-corrected chi connectivity index (χ1v) is 12.5. The molecule has 4 rings (SSSR count). The van der Waals surface area contributed by atoms with Crippen LogP contribution in [-0.2, 0) is 16.2 Å². The molecule has 3 aromatic rings. The van der Waals surface area contributed by atoms with E-state index < -0.39 is 5.97 Å². The average molecular weight is 516 g/mol. The molecule has 1 aliphatic heterocycles. The molecule has 1 aliphatic rings. The molecule has 1 fully saturated rings. The Balaban J connectivity index is 1.42. The van der Waals surface area contributed by atoms with Crippen LogP contribution in [0.2, 0.25) is 0 Å². The van der Waals surface area contributed by atoms with E-state index in [4.69, 9.17) is 14.2 Å². The van der Waals surface area contributed by atoms with Crippen molar-refractivity contribution in [3.05, 3.63) is 83.9 Å². The highest BCUT2D eigenvalue weighted by molar-refractivity contribution is 6.02. The van der Waals surface area contributed by atoms with E-state index in [0.29, 0.717) is 29.4 Å². The van der Waals surface area contributed by atoms with Crippen molar-refractivity contribution in [3.8, 4) is 17.2 Å². The summed E-state index contributed by atoms with van der Waals surface area (Å²) in [5, 5.41) is 2.94. The van der Waals surface area contributed by atoms with Crippen molar-refractivity contribution in [1.82, 2.24) is 4.90 Å². The number of carbonyl (C=O) groups excluding carboxylic acids is 2. The third-order valence-electron chi connectivity index (χ3n) is 6.24. The first-order valence-electron chi connectivity index (χ1n) is 12.5. The van der Waals surface area contributed by atoms with Crippen molar-refractivity contribution in [3.63, 3.8) is 0 Å². The number of likely N-dealkylation sites (N-methyl/N-ethyl adjacent to an activating group) is 1. The van der Waals surface area contributed by atoms with Crippen LogP contribution in [-0.4, -0.2) is 57.1 Å². The molecule has 0 aromatic heterocycles. The van der Waals surface area contributed by atoms with E-state index in [9.17, 15) is 9.59 Å². The lowest BCUT2D eigenvalue weighted by molar-refractivity contribution is -0.132. The smallest absolute Gasteiger partial charge is 0.308 e. The van der Waals surface area contributed by atoms with Gasteiger partial charge in [-0.1, -0.05) is 36.4 Å². The van der Waals surface area contributed by atoms with Crippen LogP contribution in [0.1, 0.15) is 18.1 Å². The second kappa shape index (κ2) is 12.8. The van der Waals surface area contributed by atoms with Crippen molar-refractivity contribution in [2.24, 2.45) is 0 Å². The molecule has 0 aliphatic carbocycles. The van der Waals surface area contributed by atoms with E-state index in [1.165, 1.54) is 20.1 Å². The molecule has 1 N–H and O–H groups in total. The fourth-order valence-electron chi connectivity index (χ4n) is 4.19. The minimum atomic E-state index is -0.452. The lowest BCUT2D eigenvalue weighted by atomic mass is 10.1. The van der Waals surface area contributed by atoms with Crippen LogP contribution in [0.5, 0.6) is 17.2 Å². The Morgan fingerprint density at radius 2 is 1.66 bits per heavy atom. The molecule has 198 valence electrons. The van der Waals surface area contributed by atoms with Gasteiger partial charge in [0.25, 0.3) is 0 Å². The lowest BCUT2D eigenvalue weighted by Crippen LogP contribution is -2.44. The molecule has 0 spiro atoms. The van der Waals surface area contributed by atoms with E-state index in [1.807, 2.05) is 42.5 Å². The number of nitrogens with one attached hydrogen (secondary N) is 1. The number of anilines is 2. The number of rotatable bonds is 9. The van der Waals surface area contributed by atoms with Gasteiger partial charge in [-0.3, -0.25) is 9.59 Å². The number of carbonyl (C=O) groups is 2. The maximum atomic E-state index is 12.7. The number of amides is 1. The second-order valence-corrected chi connectivity index (χ2v) is 9.03. The number of para-hydroxylation sites is 3. The molecule has 0 bridgehead atoms. The number of nitrogens with zero attached hydrogens (tertiary/aromatic N) is 2. The third kappa shape index (κ3) is 7.14. The van der Waals surface area contributed by atoms with Crippen LogP contribution in [0.4, 0.5) is 11.4 Å². The molecule has 0 atom stereocenters. The third-order valence-corrected chi connectivity index (χ3v) is 6.24. The zero-order valence-corrected chi connectivity index (χ0v) is 22.0. The maximum absolute atomic E-state index is 12.7. The first kappa shape index (κ1) is 26.8. The maximum Gasteiger partial charge on any atom is 0.308 e. The van der Waals surface area contributed by atoms with Gasteiger partial charge in [0.1, 0.15) is 12.4 Å². The van der Waals surface area contributed by atoms with Crippen LogP contribution in [0.25, 0.3) is 6.08 Å². The predicted molar refractivity (Wildman–Crippen MR) is 149 cm³/mol. The van der Waals surface area contributed by atoms with Gasteiger partial charge in [0.15, 0.2) is 11.5 Å². The quantitative estimate of drug-likeness (QED) is 0.253. The van der Waals surface area contributed by atoms with Crippen LogP contribution >= 0.6 is 0 Å². The summed E-state index contributed by atoms with van der Waals surface area (Å²) in [6.45, 7) is 5.56. The van der Waals surface area contributed by atoms with Crippen molar-refractivity contribution in [2.45, 2.75) is 13.5 Å². The standard InChI is InChI=1S/C30H33N3O5/c1-22(34)38-29-20-23(12-14-28(29)36-3)13-15-30(35)31-25-9-5-4-8-24(25)21-37-27-11-7-6-10-26(27)33-18-16-32(2)17-19-33/h4-15,20H,16-19,21H2,1-3H3,(H,31,35). The summed E-state index contributed by atoms with van der Waals surface area (Å²) in [7, 11) is 3.63. The minimum absolute atomic E-state index is 0.292. The highest BCUT2D eigenvalue weighted by atomic mass is 16.6. The molecule has 1 amide bonds. The molecule has 8 nitrogen and oxygen atoms in total. The van der Waals surface area contributed by atoms with Crippen molar-refractivity contribution in [1.29, 1.82) is 0 Å². The molecular formula is C30H33N3O5. The van der Waals surface area contributed by atoms with Crippen molar-refractivity contribution in [2.75, 3.05) is 50.6 Å². The summed E-state index contributed by atoms with van der Waals surface area (Å²) in [6, 6.07) is 20.7. The normalized spacial score (nSPS) is 13.8. The van der Waals surface area contributed by atoms with Crippen molar-refractivity contribution < 1.29 is 23.8 Å². The van der Waals surface area contributed by atoms with Gasteiger partial charge in [0.2, 0.25) is 5.91 Å².